The van der Waals surface area contributed by atoms with Gasteiger partial charge in [0.25, 0.3) is 0 Å². The van der Waals surface area contributed by atoms with Crippen molar-refractivity contribution in [3.8, 4) is 0 Å². The van der Waals surface area contributed by atoms with E-state index in [-0.39, 0.29) is 31.9 Å². The summed E-state index contributed by atoms with van der Waals surface area (Å²) < 4.78 is 36.8. The van der Waals surface area contributed by atoms with Crippen LogP contribution in [0.15, 0.2) is 0 Å². The Labute approximate surface area is 91.7 Å². The van der Waals surface area contributed by atoms with Crippen LogP contribution in [0.25, 0.3) is 0 Å². The van der Waals surface area contributed by atoms with Crippen molar-refractivity contribution >= 4 is 18.4 Å². The lowest BCUT2D eigenvalue weighted by molar-refractivity contribution is -0.187. The molecule has 3 nitrogen and oxygen atoms in total. The van der Waals surface area contributed by atoms with E-state index in [0.717, 1.165) is 0 Å². The molecule has 1 rings (SSSR count). The van der Waals surface area contributed by atoms with Crippen LogP contribution >= 0.6 is 12.4 Å². The number of hydrogen-bond acceptors (Lipinski definition) is 2. The number of piperidine rings is 1. The van der Waals surface area contributed by atoms with Crippen molar-refractivity contribution in [2.45, 2.75) is 19.0 Å². The first-order valence-electron chi connectivity index (χ1n) is 4.40. The van der Waals surface area contributed by atoms with Gasteiger partial charge < -0.3 is 5.11 Å². The van der Waals surface area contributed by atoms with Crippen LogP contribution in [0, 0.1) is 5.92 Å². The number of carboxylic acid groups (broad SMARTS) is 1. The molecule has 1 atom stereocenters. The SMILES string of the molecule is Cl.O=C(O)CN1CCCC(C(F)(F)F)C1. The maximum atomic E-state index is 12.3. The number of aliphatic carboxylic acids is 1. The monoisotopic (exact) mass is 247 g/mol. The lowest BCUT2D eigenvalue weighted by Gasteiger charge is -2.32. The Morgan fingerprint density at radius 1 is 1.47 bits per heavy atom. The first-order chi connectivity index (χ1) is 6.39. The highest BCUT2D eigenvalue weighted by Crippen LogP contribution is 2.32. The summed E-state index contributed by atoms with van der Waals surface area (Å²) >= 11 is 0. The second-order valence-corrected chi connectivity index (χ2v) is 3.51. The Bertz CT molecular complexity index is 222. The molecule has 0 saturated carbocycles. The smallest absolute Gasteiger partial charge is 0.393 e. The molecule has 1 unspecified atom stereocenters. The molecule has 90 valence electrons. The molecule has 1 saturated heterocycles. The van der Waals surface area contributed by atoms with Gasteiger partial charge in [0.1, 0.15) is 0 Å². The molecular weight excluding hydrogens is 235 g/mol. The van der Waals surface area contributed by atoms with Gasteiger partial charge >= 0.3 is 12.1 Å². The highest BCUT2D eigenvalue weighted by Gasteiger charge is 2.41. The largest absolute Gasteiger partial charge is 0.480 e. The van der Waals surface area contributed by atoms with Crippen LogP contribution in [0.3, 0.4) is 0 Å². The first kappa shape index (κ1) is 14.5. The highest BCUT2D eigenvalue weighted by atomic mass is 35.5. The molecular formula is C8H13ClF3NO2. The minimum atomic E-state index is -4.20. The molecule has 1 N–H and O–H groups in total. The molecule has 0 aromatic carbocycles. The van der Waals surface area contributed by atoms with E-state index < -0.39 is 18.1 Å². The molecule has 0 spiro atoms. The molecule has 15 heavy (non-hydrogen) atoms. The second-order valence-electron chi connectivity index (χ2n) is 3.51. The molecule has 0 bridgehead atoms. The maximum absolute atomic E-state index is 12.3. The van der Waals surface area contributed by atoms with Gasteiger partial charge in [-0.15, -0.1) is 12.4 Å². The topological polar surface area (TPSA) is 40.5 Å². The number of likely N-dealkylation sites (tertiary alicyclic amines) is 1. The third-order valence-electron chi connectivity index (χ3n) is 2.33. The van der Waals surface area contributed by atoms with Crippen LogP contribution in [0.1, 0.15) is 12.8 Å². The molecule has 1 fully saturated rings. The van der Waals surface area contributed by atoms with Crippen molar-refractivity contribution in [2.75, 3.05) is 19.6 Å². The number of hydrogen-bond donors (Lipinski definition) is 1. The summed E-state index contributed by atoms with van der Waals surface area (Å²) in [5, 5.41) is 8.43. The second kappa shape index (κ2) is 5.55. The fourth-order valence-electron chi connectivity index (χ4n) is 1.66. The van der Waals surface area contributed by atoms with Gasteiger partial charge in [-0.05, 0) is 19.4 Å². The summed E-state index contributed by atoms with van der Waals surface area (Å²) in [6.45, 7) is -0.0404. The zero-order chi connectivity index (χ0) is 10.8. The summed E-state index contributed by atoms with van der Waals surface area (Å²) in [4.78, 5) is 11.6. The molecule has 7 heteroatoms. The van der Waals surface area contributed by atoms with Crippen molar-refractivity contribution in [2.24, 2.45) is 5.92 Å². The quantitative estimate of drug-likeness (QED) is 0.809. The standard InChI is InChI=1S/C8H12F3NO2.ClH/c9-8(10,11)6-2-1-3-12(4-6)5-7(13)14;/h6H,1-5H2,(H,13,14);1H. The molecule has 1 aliphatic rings. The Balaban J connectivity index is 0.00000196. The fraction of sp³-hybridized carbons (Fsp3) is 0.875. The van der Waals surface area contributed by atoms with Crippen molar-refractivity contribution < 1.29 is 23.1 Å². The van der Waals surface area contributed by atoms with Gasteiger partial charge in [0.05, 0.1) is 12.5 Å². The lowest BCUT2D eigenvalue weighted by Crippen LogP contribution is -2.43. The van der Waals surface area contributed by atoms with E-state index in [1.165, 1.54) is 4.90 Å². The Kier molecular flexibility index (Phi) is 5.37. The van der Waals surface area contributed by atoms with E-state index >= 15 is 0 Å². The zero-order valence-electron chi connectivity index (χ0n) is 7.96. The normalized spacial score (nSPS) is 23.3. The Hall–Kier alpha value is -0.490. The number of carbonyl (C=O) groups is 1. The fourth-order valence-corrected chi connectivity index (χ4v) is 1.66. The van der Waals surface area contributed by atoms with Gasteiger partial charge in [-0.3, -0.25) is 9.69 Å². The van der Waals surface area contributed by atoms with Crippen LogP contribution in [0.4, 0.5) is 13.2 Å². The molecule has 0 radical (unpaired) electrons. The Morgan fingerprint density at radius 3 is 2.53 bits per heavy atom. The van der Waals surface area contributed by atoms with E-state index in [9.17, 15) is 18.0 Å². The van der Waals surface area contributed by atoms with E-state index in [0.29, 0.717) is 13.0 Å². The van der Waals surface area contributed by atoms with Gasteiger partial charge in [0, 0.05) is 6.54 Å². The molecule has 0 aromatic rings. The van der Waals surface area contributed by atoms with Crippen molar-refractivity contribution in [1.29, 1.82) is 0 Å². The van der Waals surface area contributed by atoms with E-state index in [2.05, 4.69) is 0 Å². The summed E-state index contributed by atoms with van der Waals surface area (Å²) in [5.74, 6) is -2.44. The van der Waals surface area contributed by atoms with Crippen molar-refractivity contribution in [3.63, 3.8) is 0 Å². The minimum absolute atomic E-state index is 0. The van der Waals surface area contributed by atoms with Gasteiger partial charge in [-0.1, -0.05) is 0 Å². The lowest BCUT2D eigenvalue weighted by atomic mass is 9.97. The first-order valence-corrected chi connectivity index (χ1v) is 4.40. The molecule has 0 amide bonds. The average molecular weight is 248 g/mol. The van der Waals surface area contributed by atoms with Crippen molar-refractivity contribution in [1.82, 2.24) is 4.90 Å². The summed E-state index contributed by atoms with van der Waals surface area (Å²) in [5.41, 5.74) is 0. The molecule has 0 aromatic heterocycles. The third kappa shape index (κ3) is 4.70. The van der Waals surface area contributed by atoms with Crippen LogP contribution in [0.2, 0.25) is 0 Å². The summed E-state index contributed by atoms with van der Waals surface area (Å²) in [6.07, 6.45) is -3.67. The van der Waals surface area contributed by atoms with E-state index in [1.54, 1.807) is 0 Å². The van der Waals surface area contributed by atoms with Gasteiger partial charge in [-0.2, -0.15) is 13.2 Å². The summed E-state index contributed by atoms with van der Waals surface area (Å²) in [6, 6.07) is 0. The molecule has 1 heterocycles. The number of halogens is 4. The zero-order valence-corrected chi connectivity index (χ0v) is 8.77. The maximum Gasteiger partial charge on any atom is 0.393 e. The van der Waals surface area contributed by atoms with Crippen LogP contribution in [-0.2, 0) is 4.79 Å². The van der Waals surface area contributed by atoms with Crippen LogP contribution < -0.4 is 0 Å². The highest BCUT2D eigenvalue weighted by molar-refractivity contribution is 5.85. The number of alkyl halides is 3. The predicted molar refractivity (Wildman–Crippen MR) is 50.1 cm³/mol. The van der Waals surface area contributed by atoms with E-state index in [4.69, 9.17) is 5.11 Å². The number of nitrogens with zero attached hydrogens (tertiary/aromatic N) is 1. The number of rotatable bonds is 2. The predicted octanol–water partition coefficient (Wildman–Crippen LogP) is 1.77. The van der Waals surface area contributed by atoms with Gasteiger partial charge in [-0.25, -0.2) is 0 Å². The Morgan fingerprint density at radius 2 is 2.07 bits per heavy atom. The molecule has 0 aliphatic carbocycles. The minimum Gasteiger partial charge on any atom is -0.480 e. The third-order valence-corrected chi connectivity index (χ3v) is 2.33. The molecule has 1 aliphatic heterocycles. The van der Waals surface area contributed by atoms with Gasteiger partial charge in [0.15, 0.2) is 0 Å². The van der Waals surface area contributed by atoms with Crippen LogP contribution in [-0.4, -0.2) is 41.8 Å². The van der Waals surface area contributed by atoms with E-state index in [1.807, 2.05) is 0 Å². The van der Waals surface area contributed by atoms with Gasteiger partial charge in [0.2, 0.25) is 0 Å². The van der Waals surface area contributed by atoms with Crippen molar-refractivity contribution in [3.05, 3.63) is 0 Å². The average Bonchev–Trinajstić information content (AvgIpc) is 2.01. The summed E-state index contributed by atoms with van der Waals surface area (Å²) in [7, 11) is 0. The number of carboxylic acids is 1. The van der Waals surface area contributed by atoms with Crippen LogP contribution in [0.5, 0.6) is 0 Å².